The molecule has 1 aliphatic heterocycles. The van der Waals surface area contributed by atoms with Gasteiger partial charge in [0.1, 0.15) is 24.4 Å². The fraction of sp³-hybridized carbons (Fsp3) is 1.00. The average Bonchev–Trinajstić information content (AvgIpc) is 2.46. The van der Waals surface area contributed by atoms with E-state index in [-0.39, 0.29) is 6.61 Å². The van der Waals surface area contributed by atoms with Gasteiger partial charge in [0.15, 0.2) is 14.6 Å². The van der Waals surface area contributed by atoms with E-state index in [4.69, 9.17) is 13.9 Å². The highest BCUT2D eigenvalue weighted by Crippen LogP contribution is 2.42. The number of aliphatic hydroxyl groups excluding tert-OH is 3. The van der Waals surface area contributed by atoms with E-state index < -0.39 is 39.0 Å². The Hall–Kier alpha value is -0.0231. The maximum atomic E-state index is 10.2. The normalized spacial score (nSPS) is 33.0. The van der Waals surface area contributed by atoms with Crippen LogP contribution in [0, 0.1) is 0 Å². The van der Waals surface area contributed by atoms with Crippen molar-refractivity contribution in [3.8, 4) is 0 Å². The quantitative estimate of drug-likeness (QED) is 0.605. The topological polar surface area (TPSA) is 88.4 Å². The van der Waals surface area contributed by atoms with Crippen molar-refractivity contribution in [2.75, 3.05) is 13.7 Å². The van der Waals surface area contributed by atoms with Gasteiger partial charge in [-0.05, 0) is 16.6 Å². The minimum atomic E-state index is -2.09. The highest BCUT2D eigenvalue weighted by molar-refractivity contribution is 6.77. The number of hydrogen-bond donors (Lipinski definition) is 3. The van der Waals surface area contributed by atoms with Gasteiger partial charge in [0.25, 0.3) is 0 Å². The van der Waals surface area contributed by atoms with Gasteiger partial charge in [0.05, 0.1) is 6.61 Å². The molecule has 1 saturated heterocycles. The molecule has 5 atom stereocenters. The van der Waals surface area contributed by atoms with Gasteiger partial charge in [-0.2, -0.15) is 0 Å². The molecule has 1 fully saturated rings. The van der Waals surface area contributed by atoms with Gasteiger partial charge in [-0.25, -0.2) is 0 Å². The maximum absolute atomic E-state index is 10.2. The standard InChI is InChI=1S/C16H34O6Si/c1-9(2)23(10(3)4,11(5)6)21-8-12-13(17)14(18)15(19)16(20-7)22-12/h9-19H,8H2,1-7H3/t12-,13-,14+,15-,16+/m1/s1. The highest BCUT2D eigenvalue weighted by Gasteiger charge is 2.48. The number of hydrogen-bond acceptors (Lipinski definition) is 6. The molecule has 0 aliphatic carbocycles. The minimum absolute atomic E-state index is 0.186. The first-order valence-electron chi connectivity index (χ1n) is 8.45. The zero-order chi connectivity index (χ0) is 17.9. The van der Waals surface area contributed by atoms with Crippen LogP contribution in [0.25, 0.3) is 0 Å². The fourth-order valence-corrected chi connectivity index (χ4v) is 9.43. The fourth-order valence-electron chi connectivity index (χ4n) is 3.98. The molecule has 7 heteroatoms. The van der Waals surface area contributed by atoms with Crippen molar-refractivity contribution in [3.05, 3.63) is 0 Å². The lowest BCUT2D eigenvalue weighted by molar-refractivity contribution is -0.293. The summed E-state index contributed by atoms with van der Waals surface area (Å²) in [5.74, 6) is 0. The maximum Gasteiger partial charge on any atom is 0.200 e. The molecule has 3 N–H and O–H groups in total. The third kappa shape index (κ3) is 4.15. The summed E-state index contributed by atoms with van der Waals surface area (Å²) in [6.45, 7) is 13.3. The SMILES string of the molecule is CO[C@H]1O[C@H](CO[Si](C(C)C)(C(C)C)C(C)C)[C@@H](O)[C@H](O)[C@H]1O. The lowest BCUT2D eigenvalue weighted by Crippen LogP contribution is -2.60. The summed E-state index contributed by atoms with van der Waals surface area (Å²) < 4.78 is 17.0. The van der Waals surface area contributed by atoms with Crippen LogP contribution in [-0.2, 0) is 13.9 Å². The van der Waals surface area contributed by atoms with Crippen molar-refractivity contribution in [1.29, 1.82) is 0 Å². The van der Waals surface area contributed by atoms with Gasteiger partial charge in [0, 0.05) is 7.11 Å². The molecule has 0 unspecified atom stereocenters. The molecule has 1 heterocycles. The summed E-state index contributed by atoms with van der Waals surface area (Å²) >= 11 is 0. The van der Waals surface area contributed by atoms with Crippen LogP contribution >= 0.6 is 0 Å². The molecule has 0 bridgehead atoms. The first-order valence-corrected chi connectivity index (χ1v) is 10.6. The Morgan fingerprint density at radius 1 is 0.870 bits per heavy atom. The van der Waals surface area contributed by atoms with Crippen molar-refractivity contribution in [1.82, 2.24) is 0 Å². The Kier molecular flexibility index (Phi) is 7.66. The molecule has 0 aromatic heterocycles. The molecular formula is C16H34O6Si. The lowest BCUT2D eigenvalue weighted by Gasteiger charge is -2.45. The highest BCUT2D eigenvalue weighted by atomic mass is 28.4. The summed E-state index contributed by atoms with van der Waals surface area (Å²) in [4.78, 5) is 0. The van der Waals surface area contributed by atoms with Gasteiger partial charge in [-0.3, -0.25) is 0 Å². The molecule has 1 aliphatic rings. The number of rotatable bonds is 7. The summed E-state index contributed by atoms with van der Waals surface area (Å²) in [5, 5.41) is 30.0. The second kappa shape index (κ2) is 8.38. The smallest absolute Gasteiger partial charge is 0.200 e. The lowest BCUT2D eigenvalue weighted by atomic mass is 9.99. The molecule has 0 spiro atoms. The van der Waals surface area contributed by atoms with Crippen molar-refractivity contribution in [3.63, 3.8) is 0 Å². The van der Waals surface area contributed by atoms with Crippen molar-refractivity contribution >= 4 is 8.32 Å². The zero-order valence-corrected chi connectivity index (χ0v) is 16.4. The molecule has 0 aromatic carbocycles. The van der Waals surface area contributed by atoms with Gasteiger partial charge in [0.2, 0.25) is 0 Å². The molecule has 23 heavy (non-hydrogen) atoms. The second-order valence-electron chi connectivity index (χ2n) is 7.38. The van der Waals surface area contributed by atoms with Gasteiger partial charge >= 0.3 is 0 Å². The molecule has 138 valence electrons. The first kappa shape index (κ1) is 21.0. The molecule has 0 radical (unpaired) electrons. The molecule has 0 amide bonds. The average molecular weight is 351 g/mol. The third-order valence-electron chi connectivity index (χ3n) is 5.11. The van der Waals surface area contributed by atoms with Crippen LogP contribution < -0.4 is 0 Å². The van der Waals surface area contributed by atoms with E-state index in [1.54, 1.807) is 0 Å². The monoisotopic (exact) mass is 350 g/mol. The minimum Gasteiger partial charge on any atom is -0.413 e. The van der Waals surface area contributed by atoms with Crippen LogP contribution in [0.15, 0.2) is 0 Å². The van der Waals surface area contributed by atoms with E-state index in [1.807, 2.05) is 0 Å². The Morgan fingerprint density at radius 3 is 1.74 bits per heavy atom. The second-order valence-corrected chi connectivity index (χ2v) is 12.8. The van der Waals surface area contributed by atoms with E-state index in [0.29, 0.717) is 16.6 Å². The van der Waals surface area contributed by atoms with E-state index >= 15 is 0 Å². The van der Waals surface area contributed by atoms with Crippen molar-refractivity contribution < 1.29 is 29.2 Å². The van der Waals surface area contributed by atoms with Crippen LogP contribution in [0.2, 0.25) is 16.6 Å². The van der Waals surface area contributed by atoms with E-state index in [1.165, 1.54) is 7.11 Å². The molecule has 1 rings (SSSR count). The van der Waals surface area contributed by atoms with Crippen LogP contribution in [0.3, 0.4) is 0 Å². The predicted molar refractivity (Wildman–Crippen MR) is 90.7 cm³/mol. The summed E-state index contributed by atoms with van der Waals surface area (Å²) in [6, 6.07) is 0. The molecule has 0 aromatic rings. The van der Waals surface area contributed by atoms with Gasteiger partial charge < -0.3 is 29.2 Å². The number of aliphatic hydroxyl groups is 3. The molecule has 6 nitrogen and oxygen atoms in total. The van der Waals surface area contributed by atoms with Crippen molar-refractivity contribution in [2.24, 2.45) is 0 Å². The number of methoxy groups -OCH3 is 1. The molecule has 0 saturated carbocycles. The van der Waals surface area contributed by atoms with Gasteiger partial charge in [-0.1, -0.05) is 41.5 Å². The predicted octanol–water partition coefficient (Wildman–Crippen LogP) is 1.63. The Balaban J connectivity index is 2.88. The molecular weight excluding hydrogens is 316 g/mol. The number of ether oxygens (including phenoxy) is 2. The third-order valence-corrected chi connectivity index (χ3v) is 11.2. The van der Waals surface area contributed by atoms with E-state index in [2.05, 4.69) is 41.5 Å². The van der Waals surface area contributed by atoms with Crippen LogP contribution in [0.1, 0.15) is 41.5 Å². The van der Waals surface area contributed by atoms with Gasteiger partial charge in [-0.15, -0.1) is 0 Å². The van der Waals surface area contributed by atoms with Crippen LogP contribution in [-0.4, -0.2) is 68.1 Å². The first-order chi connectivity index (χ1) is 10.6. The van der Waals surface area contributed by atoms with Crippen LogP contribution in [0.5, 0.6) is 0 Å². The Labute approximate surface area is 140 Å². The summed E-state index contributed by atoms with van der Waals surface area (Å²) in [5.41, 5.74) is 1.24. The van der Waals surface area contributed by atoms with Crippen molar-refractivity contribution in [2.45, 2.75) is 88.9 Å². The zero-order valence-electron chi connectivity index (χ0n) is 15.4. The van der Waals surface area contributed by atoms with Crippen LogP contribution in [0.4, 0.5) is 0 Å². The summed E-state index contributed by atoms with van der Waals surface area (Å²) in [6.07, 6.45) is -5.46. The summed E-state index contributed by atoms with van der Waals surface area (Å²) in [7, 11) is -0.694. The largest absolute Gasteiger partial charge is 0.413 e. The Bertz CT molecular complexity index is 339. The van der Waals surface area contributed by atoms with E-state index in [9.17, 15) is 15.3 Å². The Morgan fingerprint density at radius 2 is 1.35 bits per heavy atom. The van der Waals surface area contributed by atoms with E-state index in [0.717, 1.165) is 0 Å².